The summed E-state index contributed by atoms with van der Waals surface area (Å²) in [6.07, 6.45) is 0.329. The zero-order valence-electron chi connectivity index (χ0n) is 17.5. The maximum Gasteiger partial charge on any atom is 0.233 e. The molecule has 1 aromatic carbocycles. The molecule has 3 aromatic rings. The Bertz CT molecular complexity index is 1060. The first-order valence-corrected chi connectivity index (χ1v) is 9.97. The molecular formula is C22H25N5O3. The van der Waals surface area contributed by atoms with Gasteiger partial charge in [-0.3, -0.25) is 4.79 Å². The van der Waals surface area contributed by atoms with E-state index < -0.39 is 0 Å². The first-order chi connectivity index (χ1) is 14.5. The average Bonchev–Trinajstić information content (AvgIpc) is 3.08. The topological polar surface area (TPSA) is 91.2 Å². The predicted octanol–water partition coefficient (Wildman–Crippen LogP) is 3.49. The van der Waals surface area contributed by atoms with Gasteiger partial charge in [-0.15, -0.1) is 10.2 Å². The monoisotopic (exact) mass is 407 g/mol. The lowest BCUT2D eigenvalue weighted by molar-refractivity contribution is -0.116. The number of rotatable bonds is 6. The van der Waals surface area contributed by atoms with Gasteiger partial charge >= 0.3 is 0 Å². The molecule has 1 unspecified atom stereocenters. The van der Waals surface area contributed by atoms with Crippen LogP contribution < -0.4 is 14.8 Å². The third-order valence-corrected chi connectivity index (χ3v) is 5.02. The van der Waals surface area contributed by atoms with E-state index in [1.165, 1.54) is 7.11 Å². The highest BCUT2D eigenvalue weighted by molar-refractivity contribution is 5.95. The molecule has 3 heterocycles. The van der Waals surface area contributed by atoms with Gasteiger partial charge in [0.05, 0.1) is 19.4 Å². The summed E-state index contributed by atoms with van der Waals surface area (Å²) in [5.74, 6) is 2.51. The highest BCUT2D eigenvalue weighted by Crippen LogP contribution is 2.43. The van der Waals surface area contributed by atoms with Crippen molar-refractivity contribution in [3.8, 4) is 17.4 Å². The molecule has 0 radical (unpaired) electrons. The fourth-order valence-electron chi connectivity index (χ4n) is 3.67. The van der Waals surface area contributed by atoms with Crippen LogP contribution in [0.25, 0.3) is 5.82 Å². The van der Waals surface area contributed by atoms with Gasteiger partial charge in [-0.05, 0) is 25.0 Å². The van der Waals surface area contributed by atoms with Crippen molar-refractivity contribution >= 4 is 11.7 Å². The quantitative estimate of drug-likeness (QED) is 0.673. The minimum atomic E-state index is -0.155. The van der Waals surface area contributed by atoms with E-state index in [4.69, 9.17) is 9.47 Å². The van der Waals surface area contributed by atoms with E-state index in [0.29, 0.717) is 36.5 Å². The van der Waals surface area contributed by atoms with Crippen LogP contribution in [0, 0.1) is 12.8 Å². The molecule has 1 aliphatic rings. The minimum Gasteiger partial charge on any atom is -0.493 e. The summed E-state index contributed by atoms with van der Waals surface area (Å²) in [6, 6.07) is 11.4. The number of nitrogens with zero attached hydrogens (tertiary/aromatic N) is 4. The minimum absolute atomic E-state index is 0.0752. The molecule has 30 heavy (non-hydrogen) atoms. The Labute approximate surface area is 175 Å². The molecule has 1 amide bonds. The van der Waals surface area contributed by atoms with Crippen LogP contribution in [0.5, 0.6) is 11.6 Å². The van der Waals surface area contributed by atoms with Crippen molar-refractivity contribution < 1.29 is 14.3 Å². The van der Waals surface area contributed by atoms with Crippen LogP contribution >= 0.6 is 0 Å². The molecular weight excluding hydrogens is 382 g/mol. The lowest BCUT2D eigenvalue weighted by Gasteiger charge is -2.26. The van der Waals surface area contributed by atoms with Crippen molar-refractivity contribution in [2.45, 2.75) is 33.1 Å². The molecule has 8 nitrogen and oxygen atoms in total. The highest BCUT2D eigenvalue weighted by Gasteiger charge is 2.34. The number of aryl methyl sites for hydroxylation is 1. The maximum atomic E-state index is 12.6. The summed E-state index contributed by atoms with van der Waals surface area (Å²) >= 11 is 0. The fourth-order valence-corrected chi connectivity index (χ4v) is 3.67. The number of anilines is 1. The van der Waals surface area contributed by atoms with E-state index in [0.717, 1.165) is 22.6 Å². The van der Waals surface area contributed by atoms with Gasteiger partial charge in [0.2, 0.25) is 11.8 Å². The third-order valence-electron chi connectivity index (χ3n) is 5.02. The number of para-hydroxylation sites is 1. The lowest BCUT2D eigenvalue weighted by atomic mass is 9.85. The van der Waals surface area contributed by atoms with Gasteiger partial charge in [-0.1, -0.05) is 32.0 Å². The molecule has 1 N–H and O–H groups in total. The summed E-state index contributed by atoms with van der Waals surface area (Å²) in [6.45, 7) is 6.77. The molecule has 0 saturated heterocycles. The number of nitrogens with one attached hydrogen (secondary N) is 1. The number of carbonyl (C=O) groups excluding carboxylic acids is 1. The molecule has 0 spiro atoms. The van der Waals surface area contributed by atoms with Crippen molar-refractivity contribution in [1.82, 2.24) is 20.0 Å². The molecule has 1 aliphatic heterocycles. The summed E-state index contributed by atoms with van der Waals surface area (Å²) in [7, 11) is 1.53. The van der Waals surface area contributed by atoms with Gasteiger partial charge in [0.1, 0.15) is 11.6 Å². The third kappa shape index (κ3) is 3.72. The number of ether oxygens (including phenoxy) is 2. The van der Waals surface area contributed by atoms with Gasteiger partial charge in [0.15, 0.2) is 5.82 Å². The van der Waals surface area contributed by atoms with E-state index in [1.807, 2.05) is 31.2 Å². The van der Waals surface area contributed by atoms with E-state index in [1.54, 1.807) is 16.8 Å². The molecule has 4 rings (SSSR count). The summed E-state index contributed by atoms with van der Waals surface area (Å²) in [5.41, 5.74) is 2.77. The lowest BCUT2D eigenvalue weighted by Crippen LogP contribution is -2.25. The number of benzene rings is 1. The molecule has 0 saturated carbocycles. The van der Waals surface area contributed by atoms with E-state index in [-0.39, 0.29) is 11.8 Å². The standard InChI is InChI=1S/C22H25N5O3/c1-13(2)12-30-17-8-6-5-7-15(17)16-11-19(28)23-22-21(16)14(3)26-27(22)18-9-10-20(29-4)25-24-18/h5-10,13,16H,11-12H2,1-4H3,(H,23,28). The van der Waals surface area contributed by atoms with E-state index in [2.05, 4.69) is 34.5 Å². The van der Waals surface area contributed by atoms with Crippen LogP contribution in [-0.4, -0.2) is 39.6 Å². The van der Waals surface area contributed by atoms with Gasteiger partial charge in [0, 0.05) is 29.5 Å². The van der Waals surface area contributed by atoms with Crippen LogP contribution in [0.15, 0.2) is 36.4 Å². The molecule has 1 atom stereocenters. The largest absolute Gasteiger partial charge is 0.493 e. The van der Waals surface area contributed by atoms with Crippen molar-refractivity contribution in [2.24, 2.45) is 5.92 Å². The summed E-state index contributed by atoms with van der Waals surface area (Å²) < 4.78 is 12.8. The number of amides is 1. The van der Waals surface area contributed by atoms with Crippen LogP contribution in [0.3, 0.4) is 0 Å². The summed E-state index contributed by atoms with van der Waals surface area (Å²) in [5, 5.41) is 15.8. The fraction of sp³-hybridized carbons (Fsp3) is 0.364. The zero-order chi connectivity index (χ0) is 21.3. The number of aromatic nitrogens is 4. The molecule has 8 heteroatoms. The zero-order valence-corrected chi connectivity index (χ0v) is 17.5. The number of fused-ring (bicyclic) bond motifs is 1. The first kappa shape index (κ1) is 19.9. The second kappa shape index (κ2) is 8.14. The smallest absolute Gasteiger partial charge is 0.233 e. The van der Waals surface area contributed by atoms with Crippen LogP contribution in [0.1, 0.15) is 43.0 Å². The van der Waals surface area contributed by atoms with Crippen molar-refractivity contribution in [2.75, 3.05) is 19.0 Å². The molecule has 0 fully saturated rings. The average molecular weight is 407 g/mol. The Morgan fingerprint density at radius 2 is 2.00 bits per heavy atom. The Kier molecular flexibility index (Phi) is 5.39. The SMILES string of the molecule is COc1ccc(-n2nc(C)c3c2NC(=O)CC3c2ccccc2OCC(C)C)nn1. The van der Waals surface area contributed by atoms with Crippen LogP contribution in [0.2, 0.25) is 0 Å². The van der Waals surface area contributed by atoms with Gasteiger partial charge in [-0.2, -0.15) is 9.78 Å². The van der Waals surface area contributed by atoms with Gasteiger partial charge in [0.25, 0.3) is 0 Å². The Morgan fingerprint density at radius 1 is 1.20 bits per heavy atom. The molecule has 0 aliphatic carbocycles. The van der Waals surface area contributed by atoms with Gasteiger partial charge < -0.3 is 14.8 Å². The van der Waals surface area contributed by atoms with Crippen LogP contribution in [-0.2, 0) is 4.79 Å². The highest BCUT2D eigenvalue weighted by atomic mass is 16.5. The number of carbonyl (C=O) groups is 1. The van der Waals surface area contributed by atoms with Crippen LogP contribution in [0.4, 0.5) is 5.82 Å². The second-order valence-electron chi connectivity index (χ2n) is 7.74. The second-order valence-corrected chi connectivity index (χ2v) is 7.74. The number of hydrogen-bond donors (Lipinski definition) is 1. The van der Waals surface area contributed by atoms with Crippen molar-refractivity contribution in [1.29, 1.82) is 0 Å². The number of methoxy groups -OCH3 is 1. The van der Waals surface area contributed by atoms with E-state index >= 15 is 0 Å². The molecule has 2 aromatic heterocycles. The number of hydrogen-bond acceptors (Lipinski definition) is 6. The van der Waals surface area contributed by atoms with Crippen molar-refractivity contribution in [3.05, 3.63) is 53.2 Å². The van der Waals surface area contributed by atoms with E-state index in [9.17, 15) is 4.79 Å². The molecule has 156 valence electrons. The molecule has 0 bridgehead atoms. The Balaban J connectivity index is 1.78. The van der Waals surface area contributed by atoms with Crippen molar-refractivity contribution in [3.63, 3.8) is 0 Å². The Morgan fingerprint density at radius 3 is 2.70 bits per heavy atom. The predicted molar refractivity (Wildman–Crippen MR) is 112 cm³/mol. The summed E-state index contributed by atoms with van der Waals surface area (Å²) in [4.78, 5) is 12.6. The maximum absolute atomic E-state index is 12.6. The van der Waals surface area contributed by atoms with Gasteiger partial charge in [-0.25, -0.2) is 0 Å². The normalized spacial score (nSPS) is 15.6. The first-order valence-electron chi connectivity index (χ1n) is 9.97. The Hall–Kier alpha value is -3.42.